The number of nitrogens with zero attached hydrogens (tertiary/aromatic N) is 3. The molecule has 0 saturated carbocycles. The SMILES string of the molecule is CC1(O)CN2C=CC(Br)=NC2=N1. The van der Waals surface area contributed by atoms with Gasteiger partial charge in [0, 0.05) is 6.20 Å². The number of fused-ring (bicyclic) bond motifs is 1. The van der Waals surface area contributed by atoms with Crippen LogP contribution in [0.15, 0.2) is 22.3 Å². The van der Waals surface area contributed by atoms with Gasteiger partial charge in [-0.1, -0.05) is 0 Å². The summed E-state index contributed by atoms with van der Waals surface area (Å²) in [6.45, 7) is 2.14. The van der Waals surface area contributed by atoms with Crippen LogP contribution in [0, 0.1) is 0 Å². The van der Waals surface area contributed by atoms with Crippen molar-refractivity contribution in [2.24, 2.45) is 9.98 Å². The Morgan fingerprint density at radius 2 is 2.50 bits per heavy atom. The Labute approximate surface area is 78.4 Å². The van der Waals surface area contributed by atoms with Gasteiger partial charge in [0.2, 0.25) is 5.96 Å². The molecule has 0 radical (unpaired) electrons. The van der Waals surface area contributed by atoms with Crippen LogP contribution in [0.2, 0.25) is 0 Å². The Morgan fingerprint density at radius 1 is 1.75 bits per heavy atom. The molecule has 2 aliphatic heterocycles. The normalized spacial score (nSPS) is 33.1. The van der Waals surface area contributed by atoms with Crippen LogP contribution in [0.5, 0.6) is 0 Å². The maximum atomic E-state index is 9.56. The first kappa shape index (κ1) is 7.94. The first-order valence-electron chi connectivity index (χ1n) is 3.58. The van der Waals surface area contributed by atoms with Gasteiger partial charge in [-0.05, 0) is 28.9 Å². The third-order valence-corrected chi connectivity index (χ3v) is 2.11. The fourth-order valence-corrected chi connectivity index (χ4v) is 1.48. The molecule has 0 bridgehead atoms. The molecule has 0 saturated heterocycles. The van der Waals surface area contributed by atoms with Crippen molar-refractivity contribution < 1.29 is 5.11 Å². The molecule has 5 heteroatoms. The van der Waals surface area contributed by atoms with E-state index in [0.717, 1.165) is 4.62 Å². The van der Waals surface area contributed by atoms with Gasteiger partial charge in [-0.2, -0.15) is 0 Å². The van der Waals surface area contributed by atoms with E-state index in [1.807, 2.05) is 17.2 Å². The average Bonchev–Trinajstić information content (AvgIpc) is 2.21. The average molecular weight is 230 g/mol. The second-order valence-electron chi connectivity index (χ2n) is 3.01. The zero-order valence-corrected chi connectivity index (χ0v) is 8.11. The molecule has 64 valence electrons. The molecule has 0 aromatic heterocycles. The molecular weight excluding hydrogens is 222 g/mol. The van der Waals surface area contributed by atoms with Gasteiger partial charge in [0.05, 0.1) is 6.54 Å². The number of hydrogen-bond acceptors (Lipinski definition) is 4. The van der Waals surface area contributed by atoms with Crippen LogP contribution in [0.4, 0.5) is 0 Å². The molecule has 0 amide bonds. The molecule has 1 N–H and O–H groups in total. The number of halogens is 1. The lowest BCUT2D eigenvalue weighted by Crippen LogP contribution is -2.30. The largest absolute Gasteiger partial charge is 0.368 e. The topological polar surface area (TPSA) is 48.2 Å². The fourth-order valence-electron chi connectivity index (χ4n) is 1.20. The maximum Gasteiger partial charge on any atom is 0.228 e. The number of aliphatic hydroxyl groups is 1. The van der Waals surface area contributed by atoms with Crippen LogP contribution in [0.1, 0.15) is 6.92 Å². The van der Waals surface area contributed by atoms with Gasteiger partial charge in [-0.3, -0.25) is 0 Å². The molecular formula is C7H8BrN3O. The molecule has 4 nitrogen and oxygen atoms in total. The molecule has 2 aliphatic rings. The van der Waals surface area contributed by atoms with Crippen molar-refractivity contribution in [3.8, 4) is 0 Å². The van der Waals surface area contributed by atoms with Gasteiger partial charge in [0.25, 0.3) is 0 Å². The Bertz CT molecular complexity index is 306. The molecule has 0 spiro atoms. The minimum atomic E-state index is -0.999. The second-order valence-corrected chi connectivity index (χ2v) is 3.82. The number of aliphatic imine (C=N–C) groups is 2. The Morgan fingerprint density at radius 3 is 3.25 bits per heavy atom. The highest BCUT2D eigenvalue weighted by molar-refractivity contribution is 9.18. The Hall–Kier alpha value is -0.680. The zero-order chi connectivity index (χ0) is 8.77. The minimum absolute atomic E-state index is 0.475. The standard InChI is InChI=1S/C7H8BrN3O/c1-7(12)4-11-3-2-5(8)9-6(11)10-7/h2-3,12H,4H2,1H3. The quantitative estimate of drug-likeness (QED) is 0.665. The summed E-state index contributed by atoms with van der Waals surface area (Å²) >= 11 is 3.24. The van der Waals surface area contributed by atoms with Crippen LogP contribution in [0.25, 0.3) is 0 Å². The first-order valence-corrected chi connectivity index (χ1v) is 4.37. The summed E-state index contributed by atoms with van der Waals surface area (Å²) < 4.78 is 0.732. The minimum Gasteiger partial charge on any atom is -0.368 e. The van der Waals surface area contributed by atoms with Gasteiger partial charge in [-0.25, -0.2) is 9.98 Å². The van der Waals surface area contributed by atoms with Gasteiger partial charge < -0.3 is 10.0 Å². The molecule has 0 aliphatic carbocycles. The van der Waals surface area contributed by atoms with E-state index >= 15 is 0 Å². The third kappa shape index (κ3) is 1.30. The molecule has 0 fully saturated rings. The highest BCUT2D eigenvalue weighted by atomic mass is 79.9. The van der Waals surface area contributed by atoms with Crippen molar-refractivity contribution in [1.82, 2.24) is 4.90 Å². The van der Waals surface area contributed by atoms with Crippen molar-refractivity contribution in [2.45, 2.75) is 12.6 Å². The van der Waals surface area contributed by atoms with Crippen LogP contribution < -0.4 is 0 Å². The number of hydrogen-bond donors (Lipinski definition) is 1. The van der Waals surface area contributed by atoms with E-state index in [1.54, 1.807) is 6.92 Å². The van der Waals surface area contributed by atoms with Crippen molar-refractivity contribution in [3.63, 3.8) is 0 Å². The number of allylic oxidation sites excluding steroid dienone is 1. The summed E-state index contributed by atoms with van der Waals surface area (Å²) in [5.41, 5.74) is -0.999. The first-order chi connectivity index (χ1) is 5.57. The smallest absolute Gasteiger partial charge is 0.228 e. The van der Waals surface area contributed by atoms with Crippen LogP contribution in [0.3, 0.4) is 0 Å². The predicted molar refractivity (Wildman–Crippen MR) is 50.3 cm³/mol. The summed E-state index contributed by atoms with van der Waals surface area (Å²) in [6, 6.07) is 0. The molecule has 2 heterocycles. The summed E-state index contributed by atoms with van der Waals surface area (Å²) in [6.07, 6.45) is 3.66. The predicted octanol–water partition coefficient (Wildman–Crippen LogP) is 0.687. The summed E-state index contributed by atoms with van der Waals surface area (Å²) in [7, 11) is 0. The summed E-state index contributed by atoms with van der Waals surface area (Å²) in [4.78, 5) is 9.93. The molecule has 1 atom stereocenters. The number of rotatable bonds is 0. The van der Waals surface area contributed by atoms with E-state index in [-0.39, 0.29) is 0 Å². The van der Waals surface area contributed by atoms with Crippen molar-refractivity contribution >= 4 is 26.5 Å². The fraction of sp³-hybridized carbons (Fsp3) is 0.429. The van der Waals surface area contributed by atoms with E-state index in [0.29, 0.717) is 12.5 Å². The van der Waals surface area contributed by atoms with E-state index in [4.69, 9.17) is 0 Å². The van der Waals surface area contributed by atoms with Crippen LogP contribution >= 0.6 is 15.9 Å². The van der Waals surface area contributed by atoms with Crippen molar-refractivity contribution in [2.75, 3.05) is 6.54 Å². The van der Waals surface area contributed by atoms with E-state index in [2.05, 4.69) is 25.9 Å². The van der Waals surface area contributed by atoms with Crippen molar-refractivity contribution in [3.05, 3.63) is 12.3 Å². The van der Waals surface area contributed by atoms with E-state index < -0.39 is 5.72 Å². The maximum absolute atomic E-state index is 9.56. The van der Waals surface area contributed by atoms with Gasteiger partial charge in [-0.15, -0.1) is 0 Å². The third-order valence-electron chi connectivity index (χ3n) is 1.67. The van der Waals surface area contributed by atoms with Gasteiger partial charge in [0.15, 0.2) is 5.72 Å². The monoisotopic (exact) mass is 229 g/mol. The lowest BCUT2D eigenvalue weighted by atomic mass is 10.3. The summed E-state index contributed by atoms with van der Waals surface area (Å²) in [5.74, 6) is 0.564. The van der Waals surface area contributed by atoms with E-state index in [9.17, 15) is 5.11 Å². The summed E-state index contributed by atoms with van der Waals surface area (Å²) in [5, 5.41) is 9.56. The number of guanidine groups is 1. The highest BCUT2D eigenvalue weighted by Crippen LogP contribution is 2.21. The van der Waals surface area contributed by atoms with Gasteiger partial charge >= 0.3 is 0 Å². The highest BCUT2D eigenvalue weighted by Gasteiger charge is 2.33. The van der Waals surface area contributed by atoms with Crippen LogP contribution in [-0.2, 0) is 0 Å². The van der Waals surface area contributed by atoms with Gasteiger partial charge in [0.1, 0.15) is 4.62 Å². The molecule has 0 aromatic carbocycles. The Balaban J connectivity index is 2.35. The second kappa shape index (κ2) is 2.40. The molecule has 2 rings (SSSR count). The van der Waals surface area contributed by atoms with E-state index in [1.165, 1.54) is 0 Å². The molecule has 1 unspecified atom stereocenters. The molecule has 12 heavy (non-hydrogen) atoms. The molecule has 0 aromatic rings. The van der Waals surface area contributed by atoms with Crippen LogP contribution in [-0.4, -0.2) is 32.9 Å². The Kier molecular flexibility index (Phi) is 1.59. The zero-order valence-electron chi connectivity index (χ0n) is 6.53. The van der Waals surface area contributed by atoms with Crippen molar-refractivity contribution in [1.29, 1.82) is 0 Å². The lowest BCUT2D eigenvalue weighted by molar-refractivity contribution is 0.0709. The lowest BCUT2D eigenvalue weighted by Gasteiger charge is -2.17.